The van der Waals surface area contributed by atoms with Gasteiger partial charge in [-0.25, -0.2) is 0 Å². The number of para-hydroxylation sites is 1. The zero-order valence-corrected chi connectivity index (χ0v) is 15.5. The summed E-state index contributed by atoms with van der Waals surface area (Å²) in [6.45, 7) is 1.96. The van der Waals surface area contributed by atoms with E-state index in [4.69, 9.17) is 17.0 Å². The van der Waals surface area contributed by atoms with Crippen molar-refractivity contribution in [1.82, 2.24) is 10.9 Å². The largest absolute Gasteiger partial charge is 0.484 e. The Kier molecular flexibility index (Phi) is 7.02. The normalized spacial score (nSPS) is 9.92. The highest BCUT2D eigenvalue weighted by Gasteiger charge is 2.05. The number of thiocarbonyl (C=S) groups is 1. The molecule has 2 aromatic carbocycles. The molecule has 0 heterocycles. The molecule has 5 nitrogen and oxygen atoms in total. The van der Waals surface area contributed by atoms with Crippen molar-refractivity contribution in [2.75, 3.05) is 11.9 Å². The lowest BCUT2D eigenvalue weighted by molar-refractivity contribution is -0.123. The fourth-order valence-corrected chi connectivity index (χ4v) is 2.37. The molecule has 0 saturated heterocycles. The summed E-state index contributed by atoms with van der Waals surface area (Å²) < 4.78 is 6.32. The van der Waals surface area contributed by atoms with E-state index in [2.05, 4.69) is 39.0 Å². The standard InChI is InChI=1S/C17H18BrN3O2S/c1-2-12-5-3-4-6-15(12)19-17(24)21-20-16(22)11-23-14-9-7-13(18)8-10-14/h3-10H,2,11H2,1H3,(H,20,22)(H2,19,21,24). The summed E-state index contributed by atoms with van der Waals surface area (Å²) in [6.07, 6.45) is 0.888. The monoisotopic (exact) mass is 407 g/mol. The topological polar surface area (TPSA) is 62.4 Å². The molecule has 0 aromatic heterocycles. The van der Waals surface area contributed by atoms with E-state index < -0.39 is 0 Å². The van der Waals surface area contributed by atoms with Crippen molar-refractivity contribution in [1.29, 1.82) is 0 Å². The van der Waals surface area contributed by atoms with Crippen molar-refractivity contribution in [2.24, 2.45) is 0 Å². The number of benzene rings is 2. The van der Waals surface area contributed by atoms with E-state index in [-0.39, 0.29) is 12.5 Å². The van der Waals surface area contributed by atoms with Crippen LogP contribution < -0.4 is 20.9 Å². The van der Waals surface area contributed by atoms with Gasteiger partial charge in [0.1, 0.15) is 5.75 Å². The predicted octanol–water partition coefficient (Wildman–Crippen LogP) is 3.41. The first kappa shape index (κ1) is 18.2. The Morgan fingerprint density at radius 1 is 1.12 bits per heavy atom. The van der Waals surface area contributed by atoms with Crippen LogP contribution in [0.2, 0.25) is 0 Å². The highest BCUT2D eigenvalue weighted by molar-refractivity contribution is 9.10. The zero-order valence-electron chi connectivity index (χ0n) is 13.1. The first-order valence-electron chi connectivity index (χ1n) is 7.40. The average molecular weight is 408 g/mol. The third kappa shape index (κ3) is 5.82. The van der Waals surface area contributed by atoms with Crippen molar-refractivity contribution in [2.45, 2.75) is 13.3 Å². The van der Waals surface area contributed by atoms with E-state index in [1.54, 1.807) is 12.1 Å². The fourth-order valence-electron chi connectivity index (χ4n) is 1.95. The Labute approximate surface area is 154 Å². The lowest BCUT2D eigenvalue weighted by atomic mass is 10.1. The van der Waals surface area contributed by atoms with Crippen LogP contribution >= 0.6 is 28.1 Å². The van der Waals surface area contributed by atoms with Crippen LogP contribution in [-0.4, -0.2) is 17.6 Å². The molecule has 0 bridgehead atoms. The van der Waals surface area contributed by atoms with Gasteiger partial charge in [-0.1, -0.05) is 41.1 Å². The molecule has 0 atom stereocenters. The van der Waals surface area contributed by atoms with Crippen LogP contribution in [0.5, 0.6) is 5.75 Å². The lowest BCUT2D eigenvalue weighted by Crippen LogP contribution is -2.45. The van der Waals surface area contributed by atoms with Crippen molar-refractivity contribution < 1.29 is 9.53 Å². The van der Waals surface area contributed by atoms with Crippen LogP contribution in [0.3, 0.4) is 0 Å². The number of aryl methyl sites for hydroxylation is 1. The molecule has 0 spiro atoms. The molecule has 1 amide bonds. The number of halogens is 1. The highest BCUT2D eigenvalue weighted by Crippen LogP contribution is 2.16. The second-order valence-corrected chi connectivity index (χ2v) is 6.20. The number of ether oxygens (including phenoxy) is 1. The SMILES string of the molecule is CCc1ccccc1NC(=S)NNC(=O)COc1ccc(Br)cc1. The summed E-state index contributed by atoms with van der Waals surface area (Å²) in [4.78, 5) is 11.8. The van der Waals surface area contributed by atoms with Crippen LogP contribution in [-0.2, 0) is 11.2 Å². The number of amides is 1. The zero-order chi connectivity index (χ0) is 17.4. The van der Waals surface area contributed by atoms with Gasteiger partial charge in [-0.3, -0.25) is 15.6 Å². The number of hydrogen-bond acceptors (Lipinski definition) is 3. The van der Waals surface area contributed by atoms with E-state index >= 15 is 0 Å². The van der Waals surface area contributed by atoms with Crippen LogP contribution in [0.1, 0.15) is 12.5 Å². The number of anilines is 1. The van der Waals surface area contributed by atoms with Crippen LogP contribution in [0.25, 0.3) is 0 Å². The fraction of sp³-hybridized carbons (Fsp3) is 0.176. The van der Waals surface area contributed by atoms with Crippen molar-refractivity contribution in [3.05, 3.63) is 58.6 Å². The van der Waals surface area contributed by atoms with E-state index in [0.29, 0.717) is 10.9 Å². The molecular weight excluding hydrogens is 390 g/mol. The summed E-state index contributed by atoms with van der Waals surface area (Å²) in [7, 11) is 0. The lowest BCUT2D eigenvalue weighted by Gasteiger charge is -2.14. The molecule has 3 N–H and O–H groups in total. The van der Waals surface area contributed by atoms with Gasteiger partial charge in [0.25, 0.3) is 5.91 Å². The van der Waals surface area contributed by atoms with Gasteiger partial charge in [-0.15, -0.1) is 0 Å². The second-order valence-electron chi connectivity index (χ2n) is 4.88. The molecule has 0 aliphatic carbocycles. The molecule has 7 heteroatoms. The molecule has 2 aromatic rings. The molecule has 0 radical (unpaired) electrons. The summed E-state index contributed by atoms with van der Waals surface area (Å²) >= 11 is 8.51. The Hall–Kier alpha value is -2.12. The van der Waals surface area contributed by atoms with E-state index in [0.717, 1.165) is 22.1 Å². The van der Waals surface area contributed by atoms with Crippen molar-refractivity contribution in [3.63, 3.8) is 0 Å². The maximum absolute atomic E-state index is 11.8. The second kappa shape index (κ2) is 9.24. The molecule has 24 heavy (non-hydrogen) atoms. The third-order valence-electron chi connectivity index (χ3n) is 3.15. The summed E-state index contributed by atoms with van der Waals surface area (Å²) in [5.41, 5.74) is 7.22. The number of carbonyl (C=O) groups is 1. The summed E-state index contributed by atoms with van der Waals surface area (Å²) in [5.74, 6) is 0.289. The van der Waals surface area contributed by atoms with Gasteiger partial charge in [0, 0.05) is 10.2 Å². The van der Waals surface area contributed by atoms with Crippen LogP contribution in [0.4, 0.5) is 5.69 Å². The first-order valence-corrected chi connectivity index (χ1v) is 8.60. The van der Waals surface area contributed by atoms with Gasteiger partial charge < -0.3 is 10.1 Å². The highest BCUT2D eigenvalue weighted by atomic mass is 79.9. The van der Waals surface area contributed by atoms with Gasteiger partial charge >= 0.3 is 0 Å². The first-order chi connectivity index (χ1) is 11.6. The van der Waals surface area contributed by atoms with Gasteiger partial charge in [0.15, 0.2) is 11.7 Å². The molecule has 0 fully saturated rings. The van der Waals surface area contributed by atoms with E-state index in [9.17, 15) is 4.79 Å². The Balaban J connectivity index is 1.74. The molecule has 0 saturated carbocycles. The molecule has 2 rings (SSSR count). The maximum Gasteiger partial charge on any atom is 0.276 e. The molecule has 0 aliphatic heterocycles. The van der Waals surface area contributed by atoms with E-state index in [1.165, 1.54) is 0 Å². The molecular formula is C17H18BrN3O2S. The Morgan fingerprint density at radius 2 is 1.83 bits per heavy atom. The van der Waals surface area contributed by atoms with Gasteiger partial charge in [0.2, 0.25) is 0 Å². The number of hydrogen-bond donors (Lipinski definition) is 3. The molecule has 126 valence electrons. The number of rotatable bonds is 5. The quantitative estimate of drug-likeness (QED) is 0.523. The average Bonchev–Trinajstić information content (AvgIpc) is 2.60. The minimum atomic E-state index is -0.328. The Morgan fingerprint density at radius 3 is 2.54 bits per heavy atom. The minimum absolute atomic E-state index is 0.108. The number of hydrazine groups is 1. The van der Waals surface area contributed by atoms with Crippen LogP contribution in [0, 0.1) is 0 Å². The molecule has 0 unspecified atom stereocenters. The maximum atomic E-state index is 11.8. The third-order valence-corrected chi connectivity index (χ3v) is 3.88. The predicted molar refractivity (Wildman–Crippen MR) is 103 cm³/mol. The number of carbonyl (C=O) groups excluding carboxylic acids is 1. The van der Waals surface area contributed by atoms with Gasteiger partial charge in [0.05, 0.1) is 0 Å². The summed E-state index contributed by atoms with van der Waals surface area (Å²) in [6, 6.07) is 15.1. The minimum Gasteiger partial charge on any atom is -0.484 e. The smallest absolute Gasteiger partial charge is 0.276 e. The van der Waals surface area contributed by atoms with E-state index in [1.807, 2.05) is 36.4 Å². The van der Waals surface area contributed by atoms with Gasteiger partial charge in [-0.2, -0.15) is 0 Å². The Bertz CT molecular complexity index is 707. The van der Waals surface area contributed by atoms with Crippen molar-refractivity contribution in [3.8, 4) is 5.75 Å². The van der Waals surface area contributed by atoms with Gasteiger partial charge in [-0.05, 0) is 54.5 Å². The summed E-state index contributed by atoms with van der Waals surface area (Å²) in [5, 5.41) is 3.37. The van der Waals surface area contributed by atoms with Crippen molar-refractivity contribution >= 4 is 44.9 Å². The molecule has 0 aliphatic rings. The van der Waals surface area contributed by atoms with Crippen LogP contribution in [0.15, 0.2) is 53.0 Å². The number of nitrogens with one attached hydrogen (secondary N) is 3.